The van der Waals surface area contributed by atoms with Gasteiger partial charge in [0.05, 0.1) is 22.8 Å². The standard InChI is InChI=1S/C29H24ClN3O/c1-18-27-23(11-14-31-18)25-16-21(30)15-24(28(25)33-27)19-6-8-22(9-7-19)34-17-26-29(2)12-4-3-5-20(29)10-13-32-26/h3-16,26,33H,17H2,1-2H3. The van der Waals surface area contributed by atoms with E-state index in [9.17, 15) is 0 Å². The molecular formula is C29H24ClN3O. The molecule has 0 saturated heterocycles. The average Bonchev–Trinajstić information content (AvgIpc) is 3.22. The molecule has 0 amide bonds. The quantitative estimate of drug-likeness (QED) is 0.345. The number of nitrogens with zero attached hydrogens (tertiary/aromatic N) is 2. The van der Waals surface area contributed by atoms with Crippen molar-refractivity contribution in [2.45, 2.75) is 19.9 Å². The van der Waals surface area contributed by atoms with Gasteiger partial charge in [-0.15, -0.1) is 0 Å². The molecule has 2 aromatic heterocycles. The molecule has 1 aliphatic carbocycles. The zero-order chi connectivity index (χ0) is 23.3. The lowest BCUT2D eigenvalue weighted by molar-refractivity contribution is 0.236. The third kappa shape index (κ3) is 3.37. The largest absolute Gasteiger partial charge is 0.491 e. The lowest BCUT2D eigenvalue weighted by Crippen LogP contribution is -2.38. The Bertz CT molecular complexity index is 1540. The molecule has 1 aliphatic heterocycles. The van der Waals surface area contributed by atoms with Crippen LogP contribution in [0.3, 0.4) is 0 Å². The number of pyridine rings is 1. The van der Waals surface area contributed by atoms with Gasteiger partial charge in [0.2, 0.25) is 0 Å². The molecule has 4 nitrogen and oxygen atoms in total. The van der Waals surface area contributed by atoms with Crippen LogP contribution >= 0.6 is 11.6 Å². The van der Waals surface area contributed by atoms with Crippen LogP contribution in [-0.2, 0) is 0 Å². The van der Waals surface area contributed by atoms with Crippen LogP contribution in [0.2, 0.25) is 5.02 Å². The van der Waals surface area contributed by atoms with E-state index in [2.05, 4.69) is 59.4 Å². The molecule has 168 valence electrons. The minimum Gasteiger partial charge on any atom is -0.491 e. The van der Waals surface area contributed by atoms with Crippen molar-refractivity contribution in [1.29, 1.82) is 0 Å². The Morgan fingerprint density at radius 1 is 1.06 bits per heavy atom. The molecule has 2 atom stereocenters. The number of aryl methyl sites for hydroxylation is 1. The molecule has 5 heteroatoms. The summed E-state index contributed by atoms with van der Waals surface area (Å²) in [5.41, 5.74) is 6.33. The summed E-state index contributed by atoms with van der Waals surface area (Å²) in [6.07, 6.45) is 14.3. The van der Waals surface area contributed by atoms with Gasteiger partial charge in [-0.2, -0.15) is 0 Å². The lowest BCUT2D eigenvalue weighted by Gasteiger charge is -2.37. The van der Waals surface area contributed by atoms with E-state index in [1.54, 1.807) is 0 Å². The second kappa shape index (κ2) is 8.00. The zero-order valence-corrected chi connectivity index (χ0v) is 19.8. The first-order chi connectivity index (χ1) is 16.5. The second-order valence-electron chi connectivity index (χ2n) is 9.09. The first-order valence-corrected chi connectivity index (χ1v) is 11.8. The fraction of sp³-hybridized carbons (Fsp3) is 0.172. The van der Waals surface area contributed by atoms with Crippen LogP contribution in [0.1, 0.15) is 12.6 Å². The van der Waals surface area contributed by atoms with Crippen molar-refractivity contribution in [3.8, 4) is 16.9 Å². The predicted octanol–water partition coefficient (Wildman–Crippen LogP) is 7.24. The minimum atomic E-state index is -0.140. The number of ether oxygens (including phenoxy) is 1. The maximum Gasteiger partial charge on any atom is 0.119 e. The number of aromatic amines is 1. The zero-order valence-electron chi connectivity index (χ0n) is 19.0. The molecule has 0 spiro atoms. The van der Waals surface area contributed by atoms with Crippen LogP contribution in [0.4, 0.5) is 0 Å². The molecule has 2 aliphatic rings. The van der Waals surface area contributed by atoms with Gasteiger partial charge in [-0.1, -0.05) is 48.0 Å². The molecule has 6 rings (SSSR count). The van der Waals surface area contributed by atoms with Gasteiger partial charge in [0, 0.05) is 39.2 Å². The Labute approximate surface area is 203 Å². The van der Waals surface area contributed by atoms with E-state index in [-0.39, 0.29) is 11.5 Å². The van der Waals surface area contributed by atoms with E-state index in [1.165, 1.54) is 5.57 Å². The van der Waals surface area contributed by atoms with E-state index in [4.69, 9.17) is 21.3 Å². The number of hydrogen-bond acceptors (Lipinski definition) is 3. The number of allylic oxidation sites excluding steroid dienone is 4. The third-order valence-corrected chi connectivity index (χ3v) is 7.24. The lowest BCUT2D eigenvalue weighted by atomic mass is 9.72. The van der Waals surface area contributed by atoms with Gasteiger partial charge < -0.3 is 9.72 Å². The number of hydrogen-bond donors (Lipinski definition) is 1. The number of benzene rings is 2. The number of H-pyrrole nitrogens is 1. The number of aliphatic imine (C=N–C) groups is 1. The number of rotatable bonds is 4. The summed E-state index contributed by atoms with van der Waals surface area (Å²) in [4.78, 5) is 12.7. The van der Waals surface area contributed by atoms with Crippen molar-refractivity contribution in [1.82, 2.24) is 9.97 Å². The molecule has 0 fully saturated rings. The van der Waals surface area contributed by atoms with Gasteiger partial charge in [-0.3, -0.25) is 9.98 Å². The minimum absolute atomic E-state index is 0.0316. The predicted molar refractivity (Wildman–Crippen MR) is 141 cm³/mol. The topological polar surface area (TPSA) is 50.3 Å². The molecule has 4 aromatic rings. The molecule has 3 heterocycles. The monoisotopic (exact) mass is 465 g/mol. The molecule has 0 bridgehead atoms. The van der Waals surface area contributed by atoms with Gasteiger partial charge in [-0.05, 0) is 61.4 Å². The van der Waals surface area contributed by atoms with Crippen molar-refractivity contribution < 1.29 is 4.74 Å². The molecule has 34 heavy (non-hydrogen) atoms. The normalized spacial score (nSPS) is 21.1. The highest BCUT2D eigenvalue weighted by molar-refractivity contribution is 6.32. The van der Waals surface area contributed by atoms with E-state index in [1.807, 2.05) is 49.7 Å². The fourth-order valence-electron chi connectivity index (χ4n) is 4.99. The average molecular weight is 466 g/mol. The Hall–Kier alpha value is -3.63. The van der Waals surface area contributed by atoms with Crippen molar-refractivity contribution in [2.75, 3.05) is 6.61 Å². The Balaban J connectivity index is 1.28. The number of halogens is 1. The highest BCUT2D eigenvalue weighted by atomic mass is 35.5. The molecule has 0 radical (unpaired) electrons. The van der Waals surface area contributed by atoms with Crippen molar-refractivity contribution in [3.05, 3.63) is 95.3 Å². The van der Waals surface area contributed by atoms with E-state index in [0.717, 1.165) is 44.4 Å². The summed E-state index contributed by atoms with van der Waals surface area (Å²) in [5.74, 6) is 0.823. The highest BCUT2D eigenvalue weighted by Crippen LogP contribution is 2.40. The van der Waals surface area contributed by atoms with Crippen LogP contribution in [0, 0.1) is 12.3 Å². The van der Waals surface area contributed by atoms with Gasteiger partial charge in [0.25, 0.3) is 0 Å². The van der Waals surface area contributed by atoms with E-state index < -0.39 is 0 Å². The van der Waals surface area contributed by atoms with Crippen LogP contribution in [0.5, 0.6) is 5.75 Å². The van der Waals surface area contributed by atoms with Crippen molar-refractivity contribution in [3.63, 3.8) is 0 Å². The third-order valence-electron chi connectivity index (χ3n) is 7.02. The molecule has 1 N–H and O–H groups in total. The summed E-state index contributed by atoms with van der Waals surface area (Å²) in [6.45, 7) is 4.74. The molecular weight excluding hydrogens is 442 g/mol. The maximum absolute atomic E-state index is 6.52. The number of fused-ring (bicyclic) bond motifs is 4. The molecule has 2 aromatic carbocycles. The summed E-state index contributed by atoms with van der Waals surface area (Å²) in [7, 11) is 0. The van der Waals surface area contributed by atoms with Crippen LogP contribution in [0.25, 0.3) is 32.9 Å². The Morgan fingerprint density at radius 3 is 2.76 bits per heavy atom. The number of nitrogens with one attached hydrogen (secondary N) is 1. The first-order valence-electron chi connectivity index (χ1n) is 11.4. The van der Waals surface area contributed by atoms with Crippen LogP contribution in [-0.4, -0.2) is 28.8 Å². The van der Waals surface area contributed by atoms with Crippen molar-refractivity contribution >= 4 is 39.6 Å². The summed E-state index contributed by atoms with van der Waals surface area (Å²) in [5, 5.41) is 2.94. The maximum atomic E-state index is 6.52. The smallest absolute Gasteiger partial charge is 0.119 e. The van der Waals surface area contributed by atoms with Gasteiger partial charge in [-0.25, -0.2) is 0 Å². The SMILES string of the molecule is Cc1nccc2c1[nH]c1c(-c3ccc(OCC4N=CC=C5C=CC=CC54C)cc3)cc(Cl)cc12. The van der Waals surface area contributed by atoms with Crippen LogP contribution < -0.4 is 4.74 Å². The molecule has 0 saturated carbocycles. The van der Waals surface area contributed by atoms with Gasteiger partial charge in [0.1, 0.15) is 12.4 Å². The number of aromatic nitrogens is 2. The summed E-state index contributed by atoms with van der Waals surface area (Å²) >= 11 is 6.52. The van der Waals surface area contributed by atoms with Gasteiger partial charge in [0.15, 0.2) is 0 Å². The fourth-order valence-corrected chi connectivity index (χ4v) is 5.21. The first kappa shape index (κ1) is 20.9. The van der Waals surface area contributed by atoms with Gasteiger partial charge >= 0.3 is 0 Å². The van der Waals surface area contributed by atoms with E-state index >= 15 is 0 Å². The number of dihydropyridines is 1. The molecule has 2 unspecified atom stereocenters. The van der Waals surface area contributed by atoms with Crippen LogP contribution in [0.15, 0.2) is 89.6 Å². The summed E-state index contributed by atoms with van der Waals surface area (Å²) in [6, 6.07) is 14.3. The Morgan fingerprint density at radius 2 is 1.91 bits per heavy atom. The highest BCUT2D eigenvalue weighted by Gasteiger charge is 2.37. The Kier molecular flexibility index (Phi) is 4.93. The van der Waals surface area contributed by atoms with Crippen molar-refractivity contribution in [2.24, 2.45) is 10.4 Å². The summed E-state index contributed by atoms with van der Waals surface area (Å²) < 4.78 is 6.18. The van der Waals surface area contributed by atoms with E-state index in [0.29, 0.717) is 11.6 Å². The second-order valence-corrected chi connectivity index (χ2v) is 9.53.